The number of carbonyl (C=O) groups is 2. The van der Waals surface area contributed by atoms with Gasteiger partial charge >= 0.3 is 5.97 Å². The normalized spacial score (nSPS) is 21.9. The van der Waals surface area contributed by atoms with Gasteiger partial charge in [0.05, 0.1) is 10.8 Å². The highest BCUT2D eigenvalue weighted by atomic mass is 32.2. The minimum absolute atomic E-state index is 0.187. The van der Waals surface area contributed by atoms with E-state index in [1.165, 1.54) is 4.31 Å². The van der Waals surface area contributed by atoms with Crippen molar-refractivity contribution < 1.29 is 22.7 Å². The standard InChI is InChI=1S/C20H26N2O5S/c1-16(27-20(24)17-8-4-2-5-9-17)19(23)21-12-14-22(15-13-21)28(25,26)18-10-6-3-7-11-18/h2-4,6-7,10-11,16-17H,5,8-9,12-15H2,1H3/t16-,17-/m1/s1. The van der Waals surface area contributed by atoms with E-state index in [1.807, 2.05) is 12.2 Å². The Morgan fingerprint density at radius 3 is 2.36 bits per heavy atom. The Bertz CT molecular complexity index is 829. The number of ether oxygens (including phenoxy) is 1. The van der Waals surface area contributed by atoms with Gasteiger partial charge in [-0.3, -0.25) is 9.59 Å². The van der Waals surface area contributed by atoms with Gasteiger partial charge in [-0.2, -0.15) is 4.31 Å². The van der Waals surface area contributed by atoms with Crippen molar-refractivity contribution in [1.29, 1.82) is 0 Å². The SMILES string of the molecule is C[C@@H](OC(=O)[C@@H]1CC=CCC1)C(=O)N1CCN(S(=O)(=O)c2ccccc2)CC1. The van der Waals surface area contributed by atoms with Gasteiger partial charge in [-0.15, -0.1) is 0 Å². The zero-order valence-electron chi connectivity index (χ0n) is 16.0. The molecule has 152 valence electrons. The van der Waals surface area contributed by atoms with E-state index in [2.05, 4.69) is 0 Å². The number of esters is 1. The molecule has 8 heteroatoms. The van der Waals surface area contributed by atoms with Crippen LogP contribution >= 0.6 is 0 Å². The van der Waals surface area contributed by atoms with Crippen LogP contribution in [0.25, 0.3) is 0 Å². The maximum absolute atomic E-state index is 12.7. The molecule has 0 radical (unpaired) electrons. The van der Waals surface area contributed by atoms with E-state index in [1.54, 1.807) is 42.2 Å². The van der Waals surface area contributed by atoms with Crippen LogP contribution in [0.15, 0.2) is 47.4 Å². The number of piperazine rings is 1. The molecule has 1 aliphatic carbocycles. The minimum Gasteiger partial charge on any atom is -0.452 e. The topological polar surface area (TPSA) is 84.0 Å². The summed E-state index contributed by atoms with van der Waals surface area (Å²) in [5.41, 5.74) is 0. The van der Waals surface area contributed by atoms with Crippen molar-refractivity contribution in [3.8, 4) is 0 Å². The van der Waals surface area contributed by atoms with Crippen LogP contribution in [0.2, 0.25) is 0 Å². The van der Waals surface area contributed by atoms with Crippen LogP contribution in [-0.4, -0.2) is 61.8 Å². The Balaban J connectivity index is 1.53. The number of allylic oxidation sites excluding steroid dienone is 2. The fourth-order valence-corrected chi connectivity index (χ4v) is 4.92. The van der Waals surface area contributed by atoms with Gasteiger partial charge in [-0.25, -0.2) is 8.42 Å². The van der Waals surface area contributed by atoms with E-state index < -0.39 is 16.1 Å². The first kappa shape index (κ1) is 20.5. The molecule has 0 aromatic heterocycles. The van der Waals surface area contributed by atoms with Crippen LogP contribution < -0.4 is 0 Å². The molecule has 1 aliphatic heterocycles. The number of amides is 1. The summed E-state index contributed by atoms with van der Waals surface area (Å²) in [6.45, 7) is 2.57. The lowest BCUT2D eigenvalue weighted by atomic mass is 9.95. The molecule has 2 atom stereocenters. The second kappa shape index (κ2) is 8.87. The molecule has 0 bridgehead atoms. The molecule has 2 aliphatic rings. The molecule has 1 aromatic rings. The molecule has 1 aromatic carbocycles. The summed E-state index contributed by atoms with van der Waals surface area (Å²) >= 11 is 0. The third-order valence-corrected chi connectivity index (χ3v) is 7.09. The maximum atomic E-state index is 12.7. The van der Waals surface area contributed by atoms with Crippen LogP contribution in [0, 0.1) is 5.92 Å². The zero-order chi connectivity index (χ0) is 20.1. The van der Waals surface area contributed by atoms with Gasteiger partial charge < -0.3 is 9.64 Å². The number of carbonyl (C=O) groups excluding carboxylic acids is 2. The molecule has 1 fully saturated rings. The summed E-state index contributed by atoms with van der Waals surface area (Å²) in [4.78, 5) is 26.6. The van der Waals surface area contributed by atoms with Gasteiger partial charge in [0, 0.05) is 26.2 Å². The van der Waals surface area contributed by atoms with E-state index in [9.17, 15) is 18.0 Å². The van der Waals surface area contributed by atoms with Crippen molar-refractivity contribution in [2.45, 2.75) is 37.2 Å². The van der Waals surface area contributed by atoms with Gasteiger partial charge in [0.2, 0.25) is 10.0 Å². The Kier molecular flexibility index (Phi) is 6.51. The highest BCUT2D eigenvalue weighted by Gasteiger charge is 2.33. The van der Waals surface area contributed by atoms with Crippen molar-refractivity contribution in [2.75, 3.05) is 26.2 Å². The Labute approximate surface area is 166 Å². The van der Waals surface area contributed by atoms with Crippen LogP contribution in [-0.2, 0) is 24.3 Å². The van der Waals surface area contributed by atoms with Crippen molar-refractivity contribution in [3.63, 3.8) is 0 Å². The van der Waals surface area contributed by atoms with Crippen molar-refractivity contribution in [2.24, 2.45) is 5.92 Å². The van der Waals surface area contributed by atoms with Crippen LogP contribution in [0.5, 0.6) is 0 Å². The van der Waals surface area contributed by atoms with Crippen LogP contribution in [0.4, 0.5) is 0 Å². The smallest absolute Gasteiger partial charge is 0.310 e. The highest BCUT2D eigenvalue weighted by molar-refractivity contribution is 7.89. The predicted octanol–water partition coefficient (Wildman–Crippen LogP) is 1.81. The summed E-state index contributed by atoms with van der Waals surface area (Å²) in [5.74, 6) is -0.805. The number of hydrogen-bond acceptors (Lipinski definition) is 5. The summed E-state index contributed by atoms with van der Waals surface area (Å²) in [7, 11) is -3.56. The van der Waals surface area contributed by atoms with E-state index in [4.69, 9.17) is 4.74 Å². The Morgan fingerprint density at radius 1 is 1.07 bits per heavy atom. The molecular weight excluding hydrogens is 380 g/mol. The number of rotatable bonds is 5. The van der Waals surface area contributed by atoms with Gasteiger partial charge in [0.15, 0.2) is 6.10 Å². The third-order valence-electron chi connectivity index (χ3n) is 5.17. The summed E-state index contributed by atoms with van der Waals surface area (Å²) in [6.07, 6.45) is 5.38. The molecule has 0 spiro atoms. The van der Waals surface area contributed by atoms with Gasteiger partial charge in [0.1, 0.15) is 0 Å². The number of benzene rings is 1. The fourth-order valence-electron chi connectivity index (χ4n) is 3.48. The average Bonchev–Trinajstić information content (AvgIpc) is 2.74. The minimum atomic E-state index is -3.56. The number of sulfonamides is 1. The van der Waals surface area contributed by atoms with E-state index in [-0.39, 0.29) is 48.9 Å². The lowest BCUT2D eigenvalue weighted by molar-refractivity contribution is -0.163. The van der Waals surface area contributed by atoms with E-state index in [0.29, 0.717) is 6.42 Å². The molecule has 1 heterocycles. The summed E-state index contributed by atoms with van der Waals surface area (Å²) in [6, 6.07) is 8.27. The predicted molar refractivity (Wildman–Crippen MR) is 104 cm³/mol. The molecule has 1 amide bonds. The molecule has 0 saturated carbocycles. The summed E-state index contributed by atoms with van der Waals surface area (Å²) in [5, 5.41) is 0. The second-order valence-electron chi connectivity index (χ2n) is 7.10. The first-order valence-electron chi connectivity index (χ1n) is 9.59. The quantitative estimate of drug-likeness (QED) is 0.550. The van der Waals surface area contributed by atoms with Gasteiger partial charge in [-0.1, -0.05) is 30.4 Å². The van der Waals surface area contributed by atoms with Crippen molar-refractivity contribution >= 4 is 21.9 Å². The molecular formula is C20H26N2O5S. The Hall–Kier alpha value is -2.19. The lowest BCUT2D eigenvalue weighted by Gasteiger charge is -2.35. The third kappa shape index (κ3) is 4.62. The first-order chi connectivity index (χ1) is 13.4. The number of nitrogens with zero attached hydrogens (tertiary/aromatic N) is 2. The van der Waals surface area contributed by atoms with E-state index in [0.717, 1.165) is 12.8 Å². The summed E-state index contributed by atoms with van der Waals surface area (Å²) < 4.78 is 32.1. The molecule has 1 saturated heterocycles. The molecule has 7 nitrogen and oxygen atoms in total. The largest absolute Gasteiger partial charge is 0.452 e. The van der Waals surface area contributed by atoms with E-state index >= 15 is 0 Å². The highest BCUT2D eigenvalue weighted by Crippen LogP contribution is 2.21. The average molecular weight is 407 g/mol. The molecule has 28 heavy (non-hydrogen) atoms. The fraction of sp³-hybridized carbons (Fsp3) is 0.500. The van der Waals surface area contributed by atoms with Crippen LogP contribution in [0.3, 0.4) is 0 Å². The van der Waals surface area contributed by atoms with Crippen molar-refractivity contribution in [3.05, 3.63) is 42.5 Å². The zero-order valence-corrected chi connectivity index (χ0v) is 16.8. The lowest BCUT2D eigenvalue weighted by Crippen LogP contribution is -2.53. The van der Waals surface area contributed by atoms with Crippen LogP contribution in [0.1, 0.15) is 26.2 Å². The Morgan fingerprint density at radius 2 is 1.75 bits per heavy atom. The first-order valence-corrected chi connectivity index (χ1v) is 11.0. The second-order valence-corrected chi connectivity index (χ2v) is 9.04. The molecule has 0 unspecified atom stereocenters. The molecule has 0 N–H and O–H groups in total. The maximum Gasteiger partial charge on any atom is 0.310 e. The van der Waals surface area contributed by atoms with Gasteiger partial charge in [0.25, 0.3) is 5.91 Å². The number of hydrogen-bond donors (Lipinski definition) is 0. The van der Waals surface area contributed by atoms with Crippen molar-refractivity contribution in [1.82, 2.24) is 9.21 Å². The molecule has 3 rings (SSSR count). The van der Waals surface area contributed by atoms with Gasteiger partial charge in [-0.05, 0) is 38.3 Å². The monoisotopic (exact) mass is 406 g/mol.